The van der Waals surface area contributed by atoms with E-state index in [1.54, 1.807) is 19.2 Å². The van der Waals surface area contributed by atoms with Crippen LogP contribution in [-0.4, -0.2) is 21.9 Å². The van der Waals surface area contributed by atoms with Gasteiger partial charge in [0.25, 0.3) is 0 Å². The molecule has 0 unspecified atom stereocenters. The Labute approximate surface area is 139 Å². The van der Waals surface area contributed by atoms with Crippen molar-refractivity contribution in [1.82, 2.24) is 14.8 Å². The third kappa shape index (κ3) is 2.60. The smallest absolute Gasteiger partial charge is 0.222 e. The van der Waals surface area contributed by atoms with Crippen molar-refractivity contribution in [3.05, 3.63) is 71.8 Å². The molecule has 1 N–H and O–H groups in total. The number of aromatic nitrogens is 3. The number of halogens is 1. The zero-order valence-corrected chi connectivity index (χ0v) is 13.2. The van der Waals surface area contributed by atoms with Crippen LogP contribution in [0.25, 0.3) is 0 Å². The normalized spacial score (nSPS) is 19.4. The van der Waals surface area contributed by atoms with Crippen molar-refractivity contribution in [1.29, 1.82) is 0 Å². The molecule has 2 atom stereocenters. The second-order valence-electron chi connectivity index (χ2n) is 5.80. The van der Waals surface area contributed by atoms with E-state index in [9.17, 15) is 4.39 Å². The van der Waals surface area contributed by atoms with E-state index in [1.807, 2.05) is 22.9 Å². The maximum Gasteiger partial charge on any atom is 0.222 e. The minimum Gasteiger partial charge on any atom is -0.497 e. The highest BCUT2D eigenvalue weighted by atomic mass is 19.1. The summed E-state index contributed by atoms with van der Waals surface area (Å²) < 4.78 is 20.4. The monoisotopic (exact) mass is 324 g/mol. The summed E-state index contributed by atoms with van der Waals surface area (Å²) in [5.41, 5.74) is 2.13. The summed E-state index contributed by atoms with van der Waals surface area (Å²) in [6.45, 7) is 0. The van der Waals surface area contributed by atoms with Gasteiger partial charge in [-0.2, -0.15) is 10.1 Å². The Morgan fingerprint density at radius 2 is 2.00 bits per heavy atom. The standard InChI is InChI=1S/C18H17FN4O/c1-24-15-4-2-3-13(9-15)16-10-17(12-5-7-14(19)8-6-12)23-18(22-16)20-11-21-23/h2-9,11,16-17H,10H2,1H3,(H,20,21,22)/t16-,17-/m1/s1. The van der Waals surface area contributed by atoms with Crippen LogP contribution < -0.4 is 10.1 Å². The first-order chi connectivity index (χ1) is 11.7. The fraction of sp³-hybridized carbons (Fsp3) is 0.222. The van der Waals surface area contributed by atoms with Crippen LogP contribution in [0.5, 0.6) is 5.75 Å². The average Bonchev–Trinajstić information content (AvgIpc) is 3.10. The maximum absolute atomic E-state index is 13.3. The van der Waals surface area contributed by atoms with Crippen molar-refractivity contribution < 1.29 is 9.13 Å². The van der Waals surface area contributed by atoms with Crippen molar-refractivity contribution in [3.63, 3.8) is 0 Å². The molecule has 0 amide bonds. The van der Waals surface area contributed by atoms with Gasteiger partial charge in [0, 0.05) is 0 Å². The van der Waals surface area contributed by atoms with Gasteiger partial charge in [0.15, 0.2) is 0 Å². The molecular weight excluding hydrogens is 307 g/mol. The van der Waals surface area contributed by atoms with E-state index >= 15 is 0 Å². The molecule has 24 heavy (non-hydrogen) atoms. The molecule has 1 aliphatic rings. The van der Waals surface area contributed by atoms with Crippen molar-refractivity contribution >= 4 is 5.95 Å². The molecule has 2 heterocycles. The fourth-order valence-electron chi connectivity index (χ4n) is 3.16. The van der Waals surface area contributed by atoms with Gasteiger partial charge in [0.05, 0.1) is 19.2 Å². The highest BCUT2D eigenvalue weighted by molar-refractivity contribution is 5.40. The Morgan fingerprint density at radius 3 is 2.79 bits per heavy atom. The van der Waals surface area contributed by atoms with E-state index in [1.165, 1.54) is 18.5 Å². The first-order valence-corrected chi connectivity index (χ1v) is 7.80. The molecule has 5 nitrogen and oxygen atoms in total. The lowest BCUT2D eigenvalue weighted by atomic mass is 9.93. The molecule has 0 radical (unpaired) electrons. The van der Waals surface area contributed by atoms with E-state index in [2.05, 4.69) is 21.5 Å². The summed E-state index contributed by atoms with van der Waals surface area (Å²) in [7, 11) is 1.66. The molecular formula is C18H17FN4O. The zero-order chi connectivity index (χ0) is 16.5. The Hall–Kier alpha value is -2.89. The minimum atomic E-state index is -0.240. The van der Waals surface area contributed by atoms with Gasteiger partial charge in [0.1, 0.15) is 17.9 Å². The topological polar surface area (TPSA) is 52.0 Å². The Balaban J connectivity index is 1.71. The lowest BCUT2D eigenvalue weighted by Gasteiger charge is -2.32. The van der Waals surface area contributed by atoms with Crippen LogP contribution in [0, 0.1) is 5.82 Å². The van der Waals surface area contributed by atoms with Crippen molar-refractivity contribution in [2.75, 3.05) is 12.4 Å². The van der Waals surface area contributed by atoms with Crippen LogP contribution in [-0.2, 0) is 0 Å². The number of ether oxygens (including phenoxy) is 1. The molecule has 0 aliphatic carbocycles. The summed E-state index contributed by atoms with van der Waals surface area (Å²) in [5, 5.41) is 7.74. The van der Waals surface area contributed by atoms with Crippen LogP contribution in [0.3, 0.4) is 0 Å². The van der Waals surface area contributed by atoms with Crippen LogP contribution >= 0.6 is 0 Å². The van der Waals surface area contributed by atoms with Gasteiger partial charge in [-0.05, 0) is 41.8 Å². The summed E-state index contributed by atoms with van der Waals surface area (Å²) in [4.78, 5) is 4.30. The van der Waals surface area contributed by atoms with Gasteiger partial charge in [0.2, 0.25) is 5.95 Å². The quantitative estimate of drug-likeness (QED) is 0.800. The number of rotatable bonds is 3. The second-order valence-corrected chi connectivity index (χ2v) is 5.80. The van der Waals surface area contributed by atoms with Gasteiger partial charge in [-0.3, -0.25) is 0 Å². The maximum atomic E-state index is 13.3. The van der Waals surface area contributed by atoms with Crippen LogP contribution in [0.1, 0.15) is 29.6 Å². The van der Waals surface area contributed by atoms with Gasteiger partial charge in [-0.15, -0.1) is 0 Å². The number of fused-ring (bicyclic) bond motifs is 1. The third-order valence-corrected chi connectivity index (χ3v) is 4.38. The van der Waals surface area contributed by atoms with Crippen LogP contribution in [0.4, 0.5) is 10.3 Å². The van der Waals surface area contributed by atoms with Gasteiger partial charge >= 0.3 is 0 Å². The lowest BCUT2D eigenvalue weighted by Crippen LogP contribution is -2.28. The lowest BCUT2D eigenvalue weighted by molar-refractivity contribution is 0.410. The number of hydrogen-bond acceptors (Lipinski definition) is 4. The number of anilines is 1. The highest BCUT2D eigenvalue weighted by Gasteiger charge is 2.30. The molecule has 122 valence electrons. The number of hydrogen-bond donors (Lipinski definition) is 1. The average molecular weight is 324 g/mol. The molecule has 2 aromatic carbocycles. The number of nitrogens with zero attached hydrogens (tertiary/aromatic N) is 3. The summed E-state index contributed by atoms with van der Waals surface area (Å²) in [6, 6.07) is 14.6. The zero-order valence-electron chi connectivity index (χ0n) is 13.2. The molecule has 6 heteroatoms. The molecule has 3 aromatic rings. The van der Waals surface area contributed by atoms with Crippen molar-refractivity contribution in [2.24, 2.45) is 0 Å². The molecule has 1 aliphatic heterocycles. The second kappa shape index (κ2) is 5.96. The Bertz CT molecular complexity index is 846. The largest absolute Gasteiger partial charge is 0.497 e. The minimum absolute atomic E-state index is 0.000510. The van der Waals surface area contributed by atoms with E-state index in [0.717, 1.165) is 23.3 Å². The van der Waals surface area contributed by atoms with Crippen molar-refractivity contribution in [2.45, 2.75) is 18.5 Å². The van der Waals surface area contributed by atoms with E-state index in [4.69, 9.17) is 4.74 Å². The van der Waals surface area contributed by atoms with E-state index in [-0.39, 0.29) is 17.9 Å². The molecule has 0 fully saturated rings. The van der Waals surface area contributed by atoms with Gasteiger partial charge in [-0.25, -0.2) is 9.07 Å². The van der Waals surface area contributed by atoms with E-state index < -0.39 is 0 Å². The SMILES string of the molecule is COc1cccc([C@H]2C[C@H](c3ccc(F)cc3)n3ncnc3N2)c1. The number of methoxy groups -OCH3 is 1. The van der Waals surface area contributed by atoms with E-state index in [0.29, 0.717) is 5.95 Å². The first-order valence-electron chi connectivity index (χ1n) is 7.80. The number of nitrogens with one attached hydrogen (secondary N) is 1. The summed E-state index contributed by atoms with van der Waals surface area (Å²) >= 11 is 0. The van der Waals surface area contributed by atoms with Crippen molar-refractivity contribution in [3.8, 4) is 5.75 Å². The summed E-state index contributed by atoms with van der Waals surface area (Å²) in [6.07, 6.45) is 2.32. The summed E-state index contributed by atoms with van der Waals surface area (Å²) in [5.74, 6) is 1.29. The first kappa shape index (κ1) is 14.7. The van der Waals surface area contributed by atoms with Gasteiger partial charge < -0.3 is 10.1 Å². The molecule has 0 saturated carbocycles. The third-order valence-electron chi connectivity index (χ3n) is 4.38. The van der Waals surface area contributed by atoms with Gasteiger partial charge in [-0.1, -0.05) is 24.3 Å². The molecule has 0 saturated heterocycles. The predicted molar refractivity (Wildman–Crippen MR) is 88.5 cm³/mol. The Morgan fingerprint density at radius 1 is 1.17 bits per heavy atom. The molecule has 0 bridgehead atoms. The highest BCUT2D eigenvalue weighted by Crippen LogP contribution is 2.37. The predicted octanol–water partition coefficient (Wildman–Crippen LogP) is 3.57. The van der Waals surface area contributed by atoms with Crippen LogP contribution in [0.2, 0.25) is 0 Å². The molecule has 0 spiro atoms. The fourth-order valence-corrected chi connectivity index (χ4v) is 3.16. The van der Waals surface area contributed by atoms with Crippen LogP contribution in [0.15, 0.2) is 54.9 Å². The molecule has 4 rings (SSSR count). The number of benzene rings is 2. The Kier molecular flexibility index (Phi) is 3.65. The molecule has 1 aromatic heterocycles.